The monoisotopic (exact) mass is 213 g/mol. The third kappa shape index (κ3) is 1.88. The van der Waals surface area contributed by atoms with E-state index in [1.165, 1.54) is 0 Å². The smallest absolute Gasteiger partial charge is 0.231 e. The first-order chi connectivity index (χ1) is 6.79. The summed E-state index contributed by atoms with van der Waals surface area (Å²) >= 11 is 1.09. The standard InChI is InChI=1S/C7H11N5OS/c1-8-5-2-4(3-5)6(13)9-7-10-11-12-14-7/h4-5,8H,2-3H2,1H3,(H,9,10,12,13). The van der Waals surface area contributed by atoms with Crippen molar-refractivity contribution in [3.8, 4) is 0 Å². The van der Waals surface area contributed by atoms with E-state index in [0.29, 0.717) is 11.2 Å². The maximum Gasteiger partial charge on any atom is 0.231 e. The molecule has 1 amide bonds. The van der Waals surface area contributed by atoms with E-state index in [1.54, 1.807) is 0 Å². The van der Waals surface area contributed by atoms with Crippen LogP contribution in [0.2, 0.25) is 0 Å². The van der Waals surface area contributed by atoms with Gasteiger partial charge in [-0.25, -0.2) is 0 Å². The Balaban J connectivity index is 1.80. The topological polar surface area (TPSA) is 79.8 Å². The lowest BCUT2D eigenvalue weighted by atomic mass is 9.80. The highest BCUT2D eigenvalue weighted by atomic mass is 32.1. The van der Waals surface area contributed by atoms with Crippen LogP contribution in [0.4, 0.5) is 5.13 Å². The molecule has 0 unspecified atom stereocenters. The molecule has 1 aromatic rings. The maximum atomic E-state index is 11.5. The van der Waals surface area contributed by atoms with Crippen LogP contribution in [0.3, 0.4) is 0 Å². The van der Waals surface area contributed by atoms with Gasteiger partial charge in [0, 0.05) is 23.5 Å². The van der Waals surface area contributed by atoms with Crippen LogP contribution in [0, 0.1) is 5.92 Å². The summed E-state index contributed by atoms with van der Waals surface area (Å²) in [4.78, 5) is 11.5. The Kier molecular flexibility index (Phi) is 2.69. The molecule has 0 radical (unpaired) electrons. The summed E-state index contributed by atoms with van der Waals surface area (Å²) < 4.78 is 3.56. The number of rotatable bonds is 3. The molecule has 0 spiro atoms. The van der Waals surface area contributed by atoms with Gasteiger partial charge in [-0.05, 0) is 25.1 Å². The highest BCUT2D eigenvalue weighted by Crippen LogP contribution is 2.28. The number of hydrogen-bond acceptors (Lipinski definition) is 6. The molecule has 14 heavy (non-hydrogen) atoms. The second kappa shape index (κ2) is 3.97. The number of carbonyl (C=O) groups excluding carboxylic acids is 1. The Bertz CT molecular complexity index is 308. The molecule has 2 N–H and O–H groups in total. The molecule has 0 bridgehead atoms. The first-order valence-corrected chi connectivity index (χ1v) is 5.20. The SMILES string of the molecule is CNC1CC(C(=O)Nc2nnns2)C1. The van der Waals surface area contributed by atoms with Crippen LogP contribution >= 0.6 is 11.5 Å². The van der Waals surface area contributed by atoms with E-state index in [1.807, 2.05) is 7.05 Å². The normalized spacial score (nSPS) is 25.5. The van der Waals surface area contributed by atoms with Crippen LogP contribution < -0.4 is 10.6 Å². The van der Waals surface area contributed by atoms with Gasteiger partial charge in [-0.3, -0.25) is 10.1 Å². The second-order valence-electron chi connectivity index (χ2n) is 3.31. The quantitative estimate of drug-likeness (QED) is 0.731. The lowest BCUT2D eigenvalue weighted by Crippen LogP contribution is -2.44. The van der Waals surface area contributed by atoms with Crippen molar-refractivity contribution < 1.29 is 4.79 Å². The fraction of sp³-hybridized carbons (Fsp3) is 0.714. The molecule has 1 saturated carbocycles. The van der Waals surface area contributed by atoms with Gasteiger partial charge in [-0.15, -0.1) is 0 Å². The largest absolute Gasteiger partial charge is 0.317 e. The van der Waals surface area contributed by atoms with Gasteiger partial charge >= 0.3 is 0 Å². The summed E-state index contributed by atoms with van der Waals surface area (Å²) in [6, 6.07) is 0.485. The van der Waals surface area contributed by atoms with Crippen molar-refractivity contribution in [2.24, 2.45) is 5.92 Å². The molecule has 1 aliphatic carbocycles. The number of nitrogens with zero attached hydrogens (tertiary/aromatic N) is 3. The van der Waals surface area contributed by atoms with Gasteiger partial charge in [0.2, 0.25) is 11.0 Å². The average molecular weight is 213 g/mol. The second-order valence-corrected chi connectivity index (χ2v) is 4.04. The number of anilines is 1. The minimum atomic E-state index is 0.0232. The van der Waals surface area contributed by atoms with E-state index in [-0.39, 0.29) is 11.8 Å². The number of carbonyl (C=O) groups is 1. The van der Waals surface area contributed by atoms with Crippen molar-refractivity contribution in [3.05, 3.63) is 0 Å². The molecule has 0 aromatic carbocycles. The predicted molar refractivity (Wildman–Crippen MR) is 51.9 cm³/mol. The molecule has 7 heteroatoms. The molecule has 2 rings (SSSR count). The summed E-state index contributed by atoms with van der Waals surface area (Å²) in [5, 5.41) is 13.3. The number of aromatic nitrogens is 3. The molecule has 1 heterocycles. The van der Waals surface area contributed by atoms with Crippen LogP contribution in [0.5, 0.6) is 0 Å². The first-order valence-electron chi connectivity index (χ1n) is 4.42. The molecule has 76 valence electrons. The Morgan fingerprint density at radius 1 is 1.57 bits per heavy atom. The number of nitrogens with one attached hydrogen (secondary N) is 2. The molecular weight excluding hydrogens is 202 g/mol. The van der Waals surface area contributed by atoms with E-state index < -0.39 is 0 Å². The van der Waals surface area contributed by atoms with E-state index in [2.05, 4.69) is 25.4 Å². The molecule has 1 aromatic heterocycles. The van der Waals surface area contributed by atoms with E-state index in [0.717, 1.165) is 24.4 Å². The summed E-state index contributed by atoms with van der Waals surface area (Å²) in [6.45, 7) is 0. The van der Waals surface area contributed by atoms with Crippen LogP contribution in [0.25, 0.3) is 0 Å². The van der Waals surface area contributed by atoms with Crippen molar-refractivity contribution in [1.82, 2.24) is 20.1 Å². The lowest BCUT2D eigenvalue weighted by Gasteiger charge is -2.33. The summed E-state index contributed by atoms with van der Waals surface area (Å²) in [5.41, 5.74) is 0. The van der Waals surface area contributed by atoms with Crippen LogP contribution in [-0.4, -0.2) is 33.8 Å². The number of amides is 1. The van der Waals surface area contributed by atoms with Gasteiger partial charge < -0.3 is 5.32 Å². The van der Waals surface area contributed by atoms with E-state index >= 15 is 0 Å². The van der Waals surface area contributed by atoms with Crippen molar-refractivity contribution in [2.45, 2.75) is 18.9 Å². The molecule has 0 saturated heterocycles. The first kappa shape index (κ1) is 9.47. The average Bonchev–Trinajstić information content (AvgIpc) is 2.54. The third-order valence-corrected chi connectivity index (χ3v) is 2.96. The Morgan fingerprint density at radius 3 is 2.93 bits per heavy atom. The van der Waals surface area contributed by atoms with Crippen molar-refractivity contribution in [1.29, 1.82) is 0 Å². The van der Waals surface area contributed by atoms with Crippen LogP contribution in [0.15, 0.2) is 0 Å². The van der Waals surface area contributed by atoms with Crippen molar-refractivity contribution >= 4 is 22.6 Å². The van der Waals surface area contributed by atoms with E-state index in [4.69, 9.17) is 0 Å². The maximum absolute atomic E-state index is 11.5. The Hall–Kier alpha value is -1.08. The fourth-order valence-corrected chi connectivity index (χ4v) is 1.83. The summed E-state index contributed by atoms with van der Waals surface area (Å²) in [6.07, 6.45) is 1.79. The fourth-order valence-electron chi connectivity index (χ4n) is 1.46. The van der Waals surface area contributed by atoms with Gasteiger partial charge in [0.15, 0.2) is 0 Å². The zero-order valence-corrected chi connectivity index (χ0v) is 8.54. The van der Waals surface area contributed by atoms with Gasteiger partial charge in [-0.1, -0.05) is 9.59 Å². The molecule has 1 fully saturated rings. The highest BCUT2D eigenvalue weighted by Gasteiger charge is 2.33. The van der Waals surface area contributed by atoms with Crippen LogP contribution in [-0.2, 0) is 4.79 Å². The highest BCUT2D eigenvalue weighted by molar-refractivity contribution is 7.09. The molecule has 1 aliphatic rings. The van der Waals surface area contributed by atoms with Gasteiger partial charge in [-0.2, -0.15) is 0 Å². The molecule has 0 aliphatic heterocycles. The minimum Gasteiger partial charge on any atom is -0.317 e. The number of hydrogen-bond donors (Lipinski definition) is 2. The zero-order chi connectivity index (χ0) is 9.97. The van der Waals surface area contributed by atoms with E-state index in [9.17, 15) is 4.79 Å². The van der Waals surface area contributed by atoms with Gasteiger partial charge in [0.05, 0.1) is 0 Å². The summed E-state index contributed by atoms with van der Waals surface area (Å²) in [5.74, 6) is 0.131. The van der Waals surface area contributed by atoms with Crippen LogP contribution in [0.1, 0.15) is 12.8 Å². The minimum absolute atomic E-state index is 0.0232. The Labute approximate surface area is 85.3 Å². The lowest BCUT2D eigenvalue weighted by molar-refractivity contribution is -0.122. The van der Waals surface area contributed by atoms with Gasteiger partial charge in [0.1, 0.15) is 0 Å². The van der Waals surface area contributed by atoms with Crippen molar-refractivity contribution in [3.63, 3.8) is 0 Å². The summed E-state index contributed by atoms with van der Waals surface area (Å²) in [7, 11) is 1.91. The zero-order valence-electron chi connectivity index (χ0n) is 7.73. The molecule has 6 nitrogen and oxygen atoms in total. The molecular formula is C7H11N5OS. The predicted octanol–water partition coefficient (Wildman–Crippen LogP) is -0.130. The third-order valence-electron chi connectivity index (χ3n) is 2.45. The molecule has 0 atom stereocenters. The van der Waals surface area contributed by atoms with Crippen molar-refractivity contribution in [2.75, 3.05) is 12.4 Å². The Morgan fingerprint density at radius 2 is 2.36 bits per heavy atom. The van der Waals surface area contributed by atoms with Gasteiger partial charge in [0.25, 0.3) is 0 Å².